The molecule has 0 spiro atoms. The quantitative estimate of drug-likeness (QED) is 0.716. The largest absolute Gasteiger partial charge is 0.355 e. The number of sulfonamides is 1. The first-order valence-electron chi connectivity index (χ1n) is 5.32. The summed E-state index contributed by atoms with van der Waals surface area (Å²) in [5, 5.41) is 2.67. The molecule has 0 unspecified atom stereocenters. The molecule has 0 bridgehead atoms. The van der Waals surface area contributed by atoms with Gasteiger partial charge in [-0.05, 0) is 25.2 Å². The van der Waals surface area contributed by atoms with Crippen LogP contribution in [-0.4, -0.2) is 44.0 Å². The van der Waals surface area contributed by atoms with Crippen LogP contribution in [0.2, 0.25) is 0 Å². The van der Waals surface area contributed by atoms with Gasteiger partial charge in [-0.1, -0.05) is 0 Å². The molecule has 1 heterocycles. The molecule has 1 saturated heterocycles. The van der Waals surface area contributed by atoms with Crippen molar-refractivity contribution in [3.8, 4) is 0 Å². The second-order valence-electron chi connectivity index (χ2n) is 4.26. The minimum atomic E-state index is -3.20. The van der Waals surface area contributed by atoms with E-state index in [1.54, 1.807) is 0 Å². The normalized spacial score (nSPS) is 24.7. The van der Waals surface area contributed by atoms with E-state index in [0.717, 1.165) is 12.8 Å². The molecule has 0 radical (unpaired) electrons. The third-order valence-corrected chi connectivity index (χ3v) is 4.75. The summed E-state index contributed by atoms with van der Waals surface area (Å²) in [6, 6.07) is 0. The molecular formula is C9H16N2O3S. The smallest absolute Gasteiger partial charge is 0.235 e. The highest BCUT2D eigenvalue weighted by atomic mass is 32.2. The summed E-state index contributed by atoms with van der Waals surface area (Å²) in [6.45, 7) is 1.04. The number of hydrogen-bond acceptors (Lipinski definition) is 3. The minimum absolute atomic E-state index is 0.00491. The SMILES string of the molecule is O=C1CN(S(=O)(=O)CC2CC2)CCCN1. The van der Waals surface area contributed by atoms with Crippen LogP contribution in [0.3, 0.4) is 0 Å². The Hall–Kier alpha value is -0.620. The van der Waals surface area contributed by atoms with Crippen molar-refractivity contribution < 1.29 is 13.2 Å². The van der Waals surface area contributed by atoms with Gasteiger partial charge in [0, 0.05) is 13.1 Å². The van der Waals surface area contributed by atoms with Crippen LogP contribution >= 0.6 is 0 Å². The van der Waals surface area contributed by atoms with Crippen LogP contribution in [0.15, 0.2) is 0 Å². The summed E-state index contributed by atoms with van der Waals surface area (Å²) in [6.07, 6.45) is 2.73. The van der Waals surface area contributed by atoms with Gasteiger partial charge in [0.1, 0.15) is 0 Å². The second kappa shape index (κ2) is 4.09. The molecule has 0 atom stereocenters. The molecular weight excluding hydrogens is 216 g/mol. The number of carbonyl (C=O) groups excluding carboxylic acids is 1. The van der Waals surface area contributed by atoms with Crippen LogP contribution in [0.5, 0.6) is 0 Å². The van der Waals surface area contributed by atoms with E-state index < -0.39 is 10.0 Å². The number of amides is 1. The topological polar surface area (TPSA) is 66.5 Å². The molecule has 1 saturated carbocycles. The zero-order valence-corrected chi connectivity index (χ0v) is 9.42. The summed E-state index contributed by atoms with van der Waals surface area (Å²) >= 11 is 0. The summed E-state index contributed by atoms with van der Waals surface area (Å²) in [4.78, 5) is 11.2. The standard InChI is InChI=1S/C9H16N2O3S/c12-9-6-11(5-1-4-10-9)15(13,14)7-8-2-3-8/h8H,1-7H2,(H,10,12). The lowest BCUT2D eigenvalue weighted by atomic mass is 10.4. The van der Waals surface area contributed by atoms with Crippen LogP contribution in [0.25, 0.3) is 0 Å². The fraction of sp³-hybridized carbons (Fsp3) is 0.889. The van der Waals surface area contributed by atoms with Crippen molar-refractivity contribution in [2.45, 2.75) is 19.3 Å². The lowest BCUT2D eigenvalue weighted by Crippen LogP contribution is -2.38. The van der Waals surface area contributed by atoms with E-state index in [2.05, 4.69) is 5.32 Å². The number of hydrogen-bond donors (Lipinski definition) is 1. The van der Waals surface area contributed by atoms with Crippen molar-refractivity contribution in [1.29, 1.82) is 0 Å². The average molecular weight is 232 g/mol. The molecule has 0 aromatic heterocycles. The molecule has 1 aliphatic heterocycles. The third-order valence-electron chi connectivity index (χ3n) is 2.76. The van der Waals surface area contributed by atoms with Crippen LogP contribution in [-0.2, 0) is 14.8 Å². The monoisotopic (exact) mass is 232 g/mol. The van der Waals surface area contributed by atoms with Crippen molar-refractivity contribution in [3.05, 3.63) is 0 Å². The molecule has 0 aromatic rings. The Morgan fingerprint density at radius 1 is 1.40 bits per heavy atom. The first-order chi connectivity index (χ1) is 7.08. The van der Waals surface area contributed by atoms with Crippen LogP contribution in [0.4, 0.5) is 0 Å². The molecule has 1 aliphatic carbocycles. The maximum Gasteiger partial charge on any atom is 0.235 e. The van der Waals surface area contributed by atoms with Gasteiger partial charge >= 0.3 is 0 Å². The van der Waals surface area contributed by atoms with E-state index in [1.165, 1.54) is 4.31 Å². The van der Waals surface area contributed by atoms with Crippen LogP contribution in [0, 0.1) is 5.92 Å². The predicted molar refractivity (Wildman–Crippen MR) is 55.7 cm³/mol. The van der Waals surface area contributed by atoms with Gasteiger partial charge in [0.2, 0.25) is 15.9 Å². The zero-order valence-electron chi connectivity index (χ0n) is 8.61. The number of nitrogens with one attached hydrogen (secondary N) is 1. The molecule has 5 nitrogen and oxygen atoms in total. The molecule has 15 heavy (non-hydrogen) atoms. The summed E-state index contributed by atoms with van der Waals surface area (Å²) in [7, 11) is -3.20. The van der Waals surface area contributed by atoms with E-state index >= 15 is 0 Å². The number of nitrogens with zero attached hydrogens (tertiary/aromatic N) is 1. The Kier molecular flexibility index (Phi) is 2.97. The Morgan fingerprint density at radius 3 is 2.80 bits per heavy atom. The highest BCUT2D eigenvalue weighted by Gasteiger charge is 2.33. The summed E-state index contributed by atoms with van der Waals surface area (Å²) in [5.74, 6) is 0.369. The lowest BCUT2D eigenvalue weighted by molar-refractivity contribution is -0.120. The minimum Gasteiger partial charge on any atom is -0.355 e. The highest BCUT2D eigenvalue weighted by Crippen LogP contribution is 2.31. The van der Waals surface area contributed by atoms with Crippen molar-refractivity contribution in [3.63, 3.8) is 0 Å². The molecule has 1 N–H and O–H groups in total. The van der Waals surface area contributed by atoms with Gasteiger partial charge in [-0.15, -0.1) is 0 Å². The Morgan fingerprint density at radius 2 is 2.13 bits per heavy atom. The third kappa shape index (κ3) is 2.92. The second-order valence-corrected chi connectivity index (χ2v) is 6.27. The lowest BCUT2D eigenvalue weighted by Gasteiger charge is -2.18. The number of rotatable bonds is 3. The Bertz CT molecular complexity index is 348. The fourth-order valence-electron chi connectivity index (χ4n) is 1.70. The van der Waals surface area contributed by atoms with Gasteiger partial charge < -0.3 is 5.32 Å². The molecule has 2 fully saturated rings. The molecule has 1 amide bonds. The van der Waals surface area contributed by atoms with Gasteiger partial charge in [-0.3, -0.25) is 4.79 Å². The molecule has 86 valence electrons. The highest BCUT2D eigenvalue weighted by molar-refractivity contribution is 7.89. The molecule has 0 aromatic carbocycles. The summed E-state index contributed by atoms with van der Waals surface area (Å²) in [5.41, 5.74) is 0. The van der Waals surface area contributed by atoms with E-state index in [0.29, 0.717) is 25.4 Å². The van der Waals surface area contributed by atoms with E-state index in [4.69, 9.17) is 0 Å². The number of carbonyl (C=O) groups is 1. The van der Waals surface area contributed by atoms with Crippen molar-refractivity contribution in [2.24, 2.45) is 5.92 Å². The van der Waals surface area contributed by atoms with Gasteiger partial charge in [0.25, 0.3) is 0 Å². The Balaban J connectivity index is 2.02. The van der Waals surface area contributed by atoms with E-state index in [9.17, 15) is 13.2 Å². The first-order valence-corrected chi connectivity index (χ1v) is 6.93. The van der Waals surface area contributed by atoms with Crippen molar-refractivity contribution in [2.75, 3.05) is 25.4 Å². The first kappa shape index (κ1) is 10.9. The van der Waals surface area contributed by atoms with Gasteiger partial charge in [-0.25, -0.2) is 8.42 Å². The van der Waals surface area contributed by atoms with Crippen LogP contribution in [0.1, 0.15) is 19.3 Å². The van der Waals surface area contributed by atoms with Gasteiger partial charge in [0.15, 0.2) is 0 Å². The fourth-order valence-corrected chi connectivity index (χ4v) is 3.56. The molecule has 6 heteroatoms. The van der Waals surface area contributed by atoms with Crippen molar-refractivity contribution >= 4 is 15.9 Å². The maximum absolute atomic E-state index is 11.9. The predicted octanol–water partition coefficient (Wildman–Crippen LogP) is -0.452. The maximum atomic E-state index is 11.9. The summed E-state index contributed by atoms with van der Waals surface area (Å²) < 4.78 is 25.1. The van der Waals surface area contributed by atoms with Gasteiger partial charge in [0.05, 0.1) is 12.3 Å². The van der Waals surface area contributed by atoms with Gasteiger partial charge in [-0.2, -0.15) is 4.31 Å². The van der Waals surface area contributed by atoms with Crippen molar-refractivity contribution in [1.82, 2.24) is 9.62 Å². The average Bonchev–Trinajstić information content (AvgIpc) is 2.92. The van der Waals surface area contributed by atoms with E-state index in [-0.39, 0.29) is 18.2 Å². The molecule has 2 rings (SSSR count). The molecule has 2 aliphatic rings. The van der Waals surface area contributed by atoms with Crippen LogP contribution < -0.4 is 5.32 Å². The van der Waals surface area contributed by atoms with E-state index in [1.807, 2.05) is 0 Å². The Labute approximate surface area is 89.9 Å². The zero-order chi connectivity index (χ0) is 10.9.